The predicted molar refractivity (Wildman–Crippen MR) is 93.1 cm³/mol. The van der Waals surface area contributed by atoms with Crippen LogP contribution in [0.5, 0.6) is 0 Å². The van der Waals surface area contributed by atoms with E-state index >= 15 is 0 Å². The Morgan fingerprint density at radius 2 is 2.08 bits per heavy atom. The van der Waals surface area contributed by atoms with Gasteiger partial charge >= 0.3 is 0 Å². The molecular formula is C18H25N5O. The van der Waals surface area contributed by atoms with Gasteiger partial charge in [0.2, 0.25) is 0 Å². The lowest BCUT2D eigenvalue weighted by molar-refractivity contribution is 0.0772. The highest BCUT2D eigenvalue weighted by Crippen LogP contribution is 2.20. The first kappa shape index (κ1) is 16.6. The van der Waals surface area contributed by atoms with Crippen LogP contribution in [0.15, 0.2) is 36.9 Å². The Morgan fingerprint density at radius 1 is 1.33 bits per heavy atom. The zero-order valence-electron chi connectivity index (χ0n) is 14.6. The summed E-state index contributed by atoms with van der Waals surface area (Å²) in [6.45, 7) is 7.48. The maximum Gasteiger partial charge on any atom is 0.253 e. The second kappa shape index (κ2) is 7.13. The molecule has 1 aliphatic rings. The number of hydrogen-bond acceptors (Lipinski definition) is 4. The molecule has 0 radical (unpaired) electrons. The van der Waals surface area contributed by atoms with Crippen molar-refractivity contribution in [2.24, 2.45) is 5.92 Å². The molecule has 0 spiro atoms. The van der Waals surface area contributed by atoms with E-state index < -0.39 is 0 Å². The van der Waals surface area contributed by atoms with Crippen LogP contribution in [0.25, 0.3) is 5.69 Å². The number of hydrogen-bond donors (Lipinski definition) is 0. The van der Waals surface area contributed by atoms with E-state index in [-0.39, 0.29) is 5.91 Å². The normalized spacial score (nSPS) is 18.2. The van der Waals surface area contributed by atoms with Gasteiger partial charge in [0.1, 0.15) is 12.7 Å². The first-order valence-electron chi connectivity index (χ1n) is 8.49. The zero-order valence-corrected chi connectivity index (χ0v) is 14.6. The summed E-state index contributed by atoms with van der Waals surface area (Å²) < 4.78 is 1.80. The van der Waals surface area contributed by atoms with Crippen LogP contribution in [0.3, 0.4) is 0 Å². The molecule has 2 aromatic rings. The Balaban J connectivity index is 1.65. The number of amides is 1. The number of nitrogens with zero attached hydrogens (tertiary/aromatic N) is 5. The van der Waals surface area contributed by atoms with E-state index in [0.29, 0.717) is 17.5 Å². The van der Waals surface area contributed by atoms with Gasteiger partial charge in [-0.2, -0.15) is 0 Å². The fourth-order valence-electron chi connectivity index (χ4n) is 3.30. The second-order valence-corrected chi connectivity index (χ2v) is 6.85. The maximum atomic E-state index is 12.7. The van der Waals surface area contributed by atoms with Crippen molar-refractivity contribution >= 4 is 5.91 Å². The van der Waals surface area contributed by atoms with Crippen LogP contribution in [0, 0.1) is 5.92 Å². The Kier molecular flexibility index (Phi) is 4.94. The summed E-state index contributed by atoms with van der Waals surface area (Å²) in [5, 5.41) is 7.62. The van der Waals surface area contributed by atoms with Gasteiger partial charge in [-0.05, 0) is 50.9 Å². The Hall–Kier alpha value is -2.21. The number of rotatable bonds is 5. The molecule has 1 aromatic carbocycles. The number of carbonyl (C=O) groups excluding carboxylic acids is 1. The summed E-state index contributed by atoms with van der Waals surface area (Å²) in [4.78, 5) is 17.1. The molecule has 1 aromatic heterocycles. The van der Waals surface area contributed by atoms with Crippen LogP contribution in [-0.4, -0.2) is 63.2 Å². The number of carbonyl (C=O) groups is 1. The van der Waals surface area contributed by atoms with E-state index in [1.54, 1.807) is 17.2 Å². The number of benzene rings is 1. The molecule has 128 valence electrons. The van der Waals surface area contributed by atoms with Crippen molar-refractivity contribution in [2.45, 2.75) is 26.3 Å². The van der Waals surface area contributed by atoms with Crippen LogP contribution < -0.4 is 0 Å². The third-order valence-electron chi connectivity index (χ3n) is 4.74. The SMILES string of the molecule is CC(C)N1CC[C@H](CN(C)C(=O)c2cccc(-n3cnnc3)c2)C1. The summed E-state index contributed by atoms with van der Waals surface area (Å²) in [7, 11) is 1.89. The third-order valence-corrected chi connectivity index (χ3v) is 4.74. The molecule has 24 heavy (non-hydrogen) atoms. The molecule has 6 heteroatoms. The van der Waals surface area contributed by atoms with Crippen molar-refractivity contribution in [3.63, 3.8) is 0 Å². The van der Waals surface area contributed by atoms with Crippen LogP contribution >= 0.6 is 0 Å². The minimum absolute atomic E-state index is 0.0629. The molecule has 1 saturated heterocycles. The van der Waals surface area contributed by atoms with Gasteiger partial charge in [-0.25, -0.2) is 0 Å². The van der Waals surface area contributed by atoms with E-state index in [0.717, 1.165) is 31.7 Å². The Morgan fingerprint density at radius 3 is 2.75 bits per heavy atom. The van der Waals surface area contributed by atoms with Crippen molar-refractivity contribution in [1.82, 2.24) is 24.6 Å². The topological polar surface area (TPSA) is 54.3 Å². The average Bonchev–Trinajstić information content (AvgIpc) is 3.26. The van der Waals surface area contributed by atoms with Crippen LogP contribution in [0.2, 0.25) is 0 Å². The second-order valence-electron chi connectivity index (χ2n) is 6.85. The molecule has 1 amide bonds. The summed E-state index contributed by atoms with van der Waals surface area (Å²) in [5.41, 5.74) is 1.59. The minimum atomic E-state index is 0.0629. The van der Waals surface area contributed by atoms with E-state index in [4.69, 9.17) is 0 Å². The monoisotopic (exact) mass is 327 g/mol. The van der Waals surface area contributed by atoms with Crippen molar-refractivity contribution < 1.29 is 4.79 Å². The third kappa shape index (κ3) is 3.64. The molecule has 0 saturated carbocycles. The van der Waals surface area contributed by atoms with Gasteiger partial charge in [0.25, 0.3) is 5.91 Å². The molecule has 1 aliphatic heterocycles. The largest absolute Gasteiger partial charge is 0.341 e. The summed E-state index contributed by atoms with van der Waals surface area (Å²) >= 11 is 0. The fraction of sp³-hybridized carbons (Fsp3) is 0.500. The zero-order chi connectivity index (χ0) is 17.1. The summed E-state index contributed by atoms with van der Waals surface area (Å²) in [5.74, 6) is 0.621. The van der Waals surface area contributed by atoms with E-state index in [9.17, 15) is 4.79 Å². The maximum absolute atomic E-state index is 12.7. The van der Waals surface area contributed by atoms with Crippen molar-refractivity contribution in [1.29, 1.82) is 0 Å². The van der Waals surface area contributed by atoms with Gasteiger partial charge in [0.15, 0.2) is 0 Å². The van der Waals surface area contributed by atoms with E-state index in [1.807, 2.05) is 36.2 Å². The standard InChI is InChI=1S/C18H25N5O/c1-14(2)22-8-7-15(11-22)10-21(3)18(24)16-5-4-6-17(9-16)23-12-19-20-13-23/h4-6,9,12-15H,7-8,10-11H2,1-3H3/t15-/m1/s1. The van der Waals surface area contributed by atoms with Crippen molar-refractivity contribution in [2.75, 3.05) is 26.7 Å². The first-order valence-corrected chi connectivity index (χ1v) is 8.49. The molecule has 0 unspecified atom stereocenters. The lowest BCUT2D eigenvalue weighted by Crippen LogP contribution is -2.34. The highest BCUT2D eigenvalue weighted by molar-refractivity contribution is 5.94. The first-order chi connectivity index (χ1) is 11.5. The van der Waals surface area contributed by atoms with E-state index in [2.05, 4.69) is 28.9 Å². The van der Waals surface area contributed by atoms with Crippen molar-refractivity contribution in [3.05, 3.63) is 42.5 Å². The fourth-order valence-corrected chi connectivity index (χ4v) is 3.30. The van der Waals surface area contributed by atoms with Gasteiger partial charge in [0, 0.05) is 37.4 Å². The molecule has 2 heterocycles. The molecule has 0 aliphatic carbocycles. The lowest BCUT2D eigenvalue weighted by Gasteiger charge is -2.23. The van der Waals surface area contributed by atoms with Gasteiger partial charge in [-0.3, -0.25) is 9.36 Å². The molecule has 1 fully saturated rings. The molecule has 0 N–H and O–H groups in total. The van der Waals surface area contributed by atoms with Gasteiger partial charge in [-0.15, -0.1) is 10.2 Å². The molecule has 0 bridgehead atoms. The van der Waals surface area contributed by atoms with Gasteiger partial charge in [-0.1, -0.05) is 6.07 Å². The Bertz CT molecular complexity index is 682. The van der Waals surface area contributed by atoms with Gasteiger partial charge < -0.3 is 9.80 Å². The van der Waals surface area contributed by atoms with Crippen LogP contribution in [0.4, 0.5) is 0 Å². The van der Waals surface area contributed by atoms with Crippen LogP contribution in [-0.2, 0) is 0 Å². The molecule has 6 nitrogen and oxygen atoms in total. The van der Waals surface area contributed by atoms with Gasteiger partial charge in [0.05, 0.1) is 0 Å². The smallest absolute Gasteiger partial charge is 0.253 e. The minimum Gasteiger partial charge on any atom is -0.341 e. The Labute approximate surface area is 143 Å². The average molecular weight is 327 g/mol. The van der Waals surface area contributed by atoms with E-state index in [1.165, 1.54) is 0 Å². The molecule has 3 rings (SSSR count). The summed E-state index contributed by atoms with van der Waals surface area (Å²) in [6, 6.07) is 8.17. The number of likely N-dealkylation sites (tertiary alicyclic amines) is 1. The lowest BCUT2D eigenvalue weighted by atomic mass is 10.1. The molecular weight excluding hydrogens is 302 g/mol. The summed E-state index contributed by atoms with van der Waals surface area (Å²) in [6.07, 6.45) is 4.43. The quantitative estimate of drug-likeness (QED) is 0.844. The highest BCUT2D eigenvalue weighted by atomic mass is 16.2. The van der Waals surface area contributed by atoms with Crippen molar-refractivity contribution in [3.8, 4) is 5.69 Å². The number of aromatic nitrogens is 3. The highest BCUT2D eigenvalue weighted by Gasteiger charge is 2.26. The van der Waals surface area contributed by atoms with Crippen LogP contribution in [0.1, 0.15) is 30.6 Å². The predicted octanol–water partition coefficient (Wildman–Crippen LogP) is 2.07. The molecule has 1 atom stereocenters.